The molecule has 1 unspecified atom stereocenters. The Morgan fingerprint density at radius 2 is 1.80 bits per heavy atom. The molecule has 0 heterocycles. The van der Waals surface area contributed by atoms with Crippen LogP contribution in [0.15, 0.2) is 0 Å². The molecule has 3 nitrogen and oxygen atoms in total. The maximum absolute atomic E-state index is 11.7. The average molecular weight is 215 g/mol. The quantitative estimate of drug-likeness (QED) is 0.632. The topological polar surface area (TPSA) is 38.3 Å². The molecule has 0 bridgehead atoms. The Hall–Kier alpha value is -0.570. The summed E-state index contributed by atoms with van der Waals surface area (Å²) in [4.78, 5) is 11.7. The van der Waals surface area contributed by atoms with Crippen LogP contribution in [0.25, 0.3) is 0 Å². The van der Waals surface area contributed by atoms with Crippen molar-refractivity contribution in [3.05, 3.63) is 0 Å². The van der Waals surface area contributed by atoms with Gasteiger partial charge in [0, 0.05) is 0 Å². The minimum absolute atomic E-state index is 0.0975. The van der Waals surface area contributed by atoms with E-state index in [1.54, 1.807) is 0 Å². The first-order chi connectivity index (χ1) is 7.21. The highest BCUT2D eigenvalue weighted by Gasteiger charge is 2.26. The minimum Gasteiger partial charge on any atom is -0.465 e. The molecule has 90 valence electrons. The molecule has 0 rings (SSSR count). The second-order valence-corrected chi connectivity index (χ2v) is 3.76. The highest BCUT2D eigenvalue weighted by molar-refractivity contribution is 5.76. The number of nitrogens with one attached hydrogen (secondary N) is 1. The fraction of sp³-hybridized carbons (Fsp3) is 0.917. The normalized spacial score (nSPS) is 12.9. The van der Waals surface area contributed by atoms with Crippen molar-refractivity contribution in [2.45, 2.75) is 53.0 Å². The zero-order chi connectivity index (χ0) is 11.7. The maximum atomic E-state index is 11.7. The van der Waals surface area contributed by atoms with Gasteiger partial charge in [-0.3, -0.25) is 4.79 Å². The SMILES string of the molecule is CCCNC(C(=O)OCC)C(CC)CC. The van der Waals surface area contributed by atoms with Gasteiger partial charge in [0.15, 0.2) is 0 Å². The van der Waals surface area contributed by atoms with Crippen LogP contribution in [0.4, 0.5) is 0 Å². The fourth-order valence-corrected chi connectivity index (χ4v) is 1.73. The molecule has 0 radical (unpaired) electrons. The molecular formula is C12H25NO2. The van der Waals surface area contributed by atoms with E-state index in [2.05, 4.69) is 26.1 Å². The number of carbonyl (C=O) groups excluding carboxylic acids is 1. The summed E-state index contributed by atoms with van der Waals surface area (Å²) in [6, 6.07) is -0.125. The molecule has 1 atom stereocenters. The highest BCUT2D eigenvalue weighted by Crippen LogP contribution is 2.14. The molecule has 0 aromatic rings. The Kier molecular flexibility index (Phi) is 8.38. The van der Waals surface area contributed by atoms with E-state index in [-0.39, 0.29) is 12.0 Å². The third-order valence-corrected chi connectivity index (χ3v) is 2.67. The van der Waals surface area contributed by atoms with E-state index in [9.17, 15) is 4.79 Å². The van der Waals surface area contributed by atoms with E-state index < -0.39 is 0 Å². The summed E-state index contributed by atoms with van der Waals surface area (Å²) in [6.07, 6.45) is 3.06. The lowest BCUT2D eigenvalue weighted by Gasteiger charge is -2.24. The number of carbonyl (C=O) groups is 1. The molecule has 0 aliphatic rings. The lowest BCUT2D eigenvalue weighted by Crippen LogP contribution is -2.44. The van der Waals surface area contributed by atoms with E-state index >= 15 is 0 Å². The van der Waals surface area contributed by atoms with E-state index in [4.69, 9.17) is 4.74 Å². The monoisotopic (exact) mass is 215 g/mol. The summed E-state index contributed by atoms with van der Waals surface area (Å²) in [6.45, 7) is 9.52. The number of hydrogen-bond acceptors (Lipinski definition) is 3. The van der Waals surface area contributed by atoms with Crippen LogP contribution in [0.2, 0.25) is 0 Å². The largest absolute Gasteiger partial charge is 0.465 e. The maximum Gasteiger partial charge on any atom is 0.323 e. The molecule has 0 saturated carbocycles. The Morgan fingerprint density at radius 3 is 2.20 bits per heavy atom. The zero-order valence-corrected chi connectivity index (χ0v) is 10.5. The number of ether oxygens (including phenoxy) is 1. The van der Waals surface area contributed by atoms with Gasteiger partial charge in [-0.1, -0.05) is 33.6 Å². The van der Waals surface area contributed by atoms with Gasteiger partial charge in [0.1, 0.15) is 6.04 Å². The van der Waals surface area contributed by atoms with Crippen LogP contribution in [0, 0.1) is 5.92 Å². The summed E-state index contributed by atoms with van der Waals surface area (Å²) >= 11 is 0. The molecule has 0 saturated heterocycles. The Morgan fingerprint density at radius 1 is 1.20 bits per heavy atom. The van der Waals surface area contributed by atoms with Crippen molar-refractivity contribution >= 4 is 5.97 Å². The van der Waals surface area contributed by atoms with Crippen molar-refractivity contribution in [2.75, 3.05) is 13.2 Å². The van der Waals surface area contributed by atoms with Gasteiger partial charge >= 0.3 is 5.97 Å². The van der Waals surface area contributed by atoms with Crippen molar-refractivity contribution < 1.29 is 9.53 Å². The van der Waals surface area contributed by atoms with Gasteiger partial charge in [-0.25, -0.2) is 0 Å². The van der Waals surface area contributed by atoms with Crippen LogP contribution in [0.5, 0.6) is 0 Å². The highest BCUT2D eigenvalue weighted by atomic mass is 16.5. The fourth-order valence-electron chi connectivity index (χ4n) is 1.73. The number of rotatable bonds is 8. The van der Waals surface area contributed by atoms with E-state index in [1.807, 2.05) is 6.92 Å². The van der Waals surface area contributed by atoms with Crippen molar-refractivity contribution in [2.24, 2.45) is 5.92 Å². The molecule has 0 aromatic carbocycles. The lowest BCUT2D eigenvalue weighted by atomic mass is 9.94. The van der Waals surface area contributed by atoms with Gasteiger partial charge in [-0.2, -0.15) is 0 Å². The molecule has 1 N–H and O–H groups in total. The summed E-state index contributed by atoms with van der Waals surface area (Å²) in [7, 11) is 0. The molecule has 0 fully saturated rings. The molecule has 0 amide bonds. The predicted octanol–water partition coefficient (Wildman–Crippen LogP) is 2.35. The Labute approximate surface area is 93.6 Å². The van der Waals surface area contributed by atoms with Gasteiger partial charge in [0.05, 0.1) is 6.61 Å². The molecule has 0 aliphatic carbocycles. The molecular weight excluding hydrogens is 190 g/mol. The number of hydrogen-bond donors (Lipinski definition) is 1. The van der Waals surface area contributed by atoms with Crippen LogP contribution >= 0.6 is 0 Å². The second kappa shape index (κ2) is 8.72. The smallest absolute Gasteiger partial charge is 0.323 e. The molecule has 0 aromatic heterocycles. The van der Waals surface area contributed by atoms with Crippen molar-refractivity contribution in [1.82, 2.24) is 5.32 Å². The Bertz CT molecular complexity index is 167. The third kappa shape index (κ3) is 5.17. The average Bonchev–Trinajstić information content (AvgIpc) is 2.24. The van der Waals surface area contributed by atoms with E-state index in [1.165, 1.54) is 0 Å². The van der Waals surface area contributed by atoms with E-state index in [0.29, 0.717) is 12.5 Å². The van der Waals surface area contributed by atoms with Gasteiger partial charge < -0.3 is 10.1 Å². The number of esters is 1. The van der Waals surface area contributed by atoms with Crippen LogP contribution < -0.4 is 5.32 Å². The molecule has 0 aliphatic heterocycles. The molecule has 3 heteroatoms. The second-order valence-electron chi connectivity index (χ2n) is 3.76. The van der Waals surface area contributed by atoms with Crippen LogP contribution in [-0.2, 0) is 9.53 Å². The standard InChI is InChI=1S/C12H25NO2/c1-5-9-13-11(10(6-2)7-3)12(14)15-8-4/h10-11,13H,5-9H2,1-4H3. The van der Waals surface area contributed by atoms with Gasteiger partial charge in [-0.05, 0) is 25.8 Å². The molecule has 0 spiro atoms. The van der Waals surface area contributed by atoms with Crippen molar-refractivity contribution in [3.63, 3.8) is 0 Å². The zero-order valence-electron chi connectivity index (χ0n) is 10.5. The van der Waals surface area contributed by atoms with Gasteiger partial charge in [-0.15, -0.1) is 0 Å². The summed E-state index contributed by atoms with van der Waals surface area (Å²) in [5.74, 6) is 0.287. The first kappa shape index (κ1) is 14.4. The first-order valence-corrected chi connectivity index (χ1v) is 6.11. The summed E-state index contributed by atoms with van der Waals surface area (Å²) < 4.78 is 5.08. The van der Waals surface area contributed by atoms with Crippen LogP contribution in [0.1, 0.15) is 47.0 Å². The summed E-state index contributed by atoms with van der Waals surface area (Å²) in [5, 5.41) is 3.28. The lowest BCUT2D eigenvalue weighted by molar-refractivity contribution is -0.147. The minimum atomic E-state index is -0.125. The van der Waals surface area contributed by atoms with Gasteiger partial charge in [0.2, 0.25) is 0 Å². The first-order valence-electron chi connectivity index (χ1n) is 6.11. The summed E-state index contributed by atoms with van der Waals surface area (Å²) in [5.41, 5.74) is 0. The van der Waals surface area contributed by atoms with Crippen LogP contribution in [-0.4, -0.2) is 25.2 Å². The third-order valence-electron chi connectivity index (χ3n) is 2.67. The van der Waals surface area contributed by atoms with Gasteiger partial charge in [0.25, 0.3) is 0 Å². The predicted molar refractivity (Wildman–Crippen MR) is 62.8 cm³/mol. The van der Waals surface area contributed by atoms with Crippen molar-refractivity contribution in [1.29, 1.82) is 0 Å². The Balaban J connectivity index is 4.33. The molecule has 15 heavy (non-hydrogen) atoms. The van der Waals surface area contributed by atoms with E-state index in [0.717, 1.165) is 25.8 Å². The van der Waals surface area contributed by atoms with Crippen LogP contribution in [0.3, 0.4) is 0 Å². The van der Waals surface area contributed by atoms with Crippen molar-refractivity contribution in [3.8, 4) is 0 Å².